The van der Waals surface area contributed by atoms with Crippen molar-refractivity contribution in [2.75, 3.05) is 11.4 Å². The first-order valence-electron chi connectivity index (χ1n) is 8.58. The minimum absolute atomic E-state index is 0.125. The first-order valence-corrected chi connectivity index (χ1v) is 8.58. The maximum absolute atomic E-state index is 12.5. The number of hydrogen-bond acceptors (Lipinski definition) is 3. The maximum Gasteiger partial charge on any atom is 0.258 e. The van der Waals surface area contributed by atoms with E-state index in [0.717, 1.165) is 18.7 Å². The third-order valence-corrected chi connectivity index (χ3v) is 4.65. The van der Waals surface area contributed by atoms with Gasteiger partial charge in [0.2, 0.25) is 5.91 Å². The van der Waals surface area contributed by atoms with Gasteiger partial charge in [-0.05, 0) is 36.6 Å². The summed E-state index contributed by atoms with van der Waals surface area (Å²) in [7, 11) is 0. The molecule has 0 bridgehead atoms. The van der Waals surface area contributed by atoms with E-state index in [0.29, 0.717) is 36.0 Å². The quantitative estimate of drug-likeness (QED) is 0.798. The van der Waals surface area contributed by atoms with Crippen LogP contribution >= 0.6 is 0 Å². The minimum Gasteiger partial charge on any atom is -0.312 e. The molecule has 4 rings (SSSR count). The Labute approximate surface area is 145 Å². The average Bonchev–Trinajstić information content (AvgIpc) is 3.06. The number of anilines is 1. The highest BCUT2D eigenvalue weighted by atomic mass is 16.2. The second kappa shape index (κ2) is 6.51. The van der Waals surface area contributed by atoms with Crippen LogP contribution in [-0.4, -0.2) is 22.4 Å². The number of nitrogens with zero attached hydrogens (tertiary/aromatic N) is 2. The molecule has 126 valence electrons. The Morgan fingerprint density at radius 2 is 1.92 bits per heavy atom. The lowest BCUT2D eigenvalue weighted by molar-refractivity contribution is -0.118. The summed E-state index contributed by atoms with van der Waals surface area (Å²) >= 11 is 0. The van der Waals surface area contributed by atoms with Gasteiger partial charge < -0.3 is 9.88 Å². The van der Waals surface area contributed by atoms with Crippen molar-refractivity contribution in [3.8, 4) is 0 Å². The second-order valence-corrected chi connectivity index (χ2v) is 6.31. The molecule has 1 aliphatic rings. The molecule has 1 aromatic heterocycles. The van der Waals surface area contributed by atoms with E-state index in [4.69, 9.17) is 0 Å². The van der Waals surface area contributed by atoms with Gasteiger partial charge in [0, 0.05) is 25.1 Å². The van der Waals surface area contributed by atoms with Gasteiger partial charge in [-0.25, -0.2) is 4.98 Å². The lowest BCUT2D eigenvalue weighted by atomic mass is 10.1. The van der Waals surface area contributed by atoms with Crippen molar-refractivity contribution in [3.63, 3.8) is 0 Å². The molecular weight excluding hydrogens is 314 g/mol. The van der Waals surface area contributed by atoms with E-state index < -0.39 is 0 Å². The molecule has 0 saturated carbocycles. The van der Waals surface area contributed by atoms with Crippen LogP contribution in [-0.2, 0) is 17.6 Å². The van der Waals surface area contributed by atoms with Crippen LogP contribution in [0.2, 0.25) is 0 Å². The van der Waals surface area contributed by atoms with Crippen LogP contribution in [0.15, 0.2) is 53.3 Å². The van der Waals surface area contributed by atoms with Gasteiger partial charge in [-0.15, -0.1) is 0 Å². The summed E-state index contributed by atoms with van der Waals surface area (Å²) in [5, 5.41) is 0.594. The number of H-pyrrole nitrogens is 1. The number of aromatic nitrogens is 2. The topological polar surface area (TPSA) is 66.1 Å². The zero-order chi connectivity index (χ0) is 17.2. The van der Waals surface area contributed by atoms with Crippen LogP contribution in [0.3, 0.4) is 0 Å². The molecule has 5 heteroatoms. The molecule has 2 aromatic carbocycles. The summed E-state index contributed by atoms with van der Waals surface area (Å²) in [5.41, 5.74) is 2.84. The first-order chi connectivity index (χ1) is 12.2. The molecule has 0 radical (unpaired) electrons. The number of carbonyl (C=O) groups is 1. The number of rotatable bonds is 4. The molecule has 0 saturated heterocycles. The molecule has 0 fully saturated rings. The number of para-hydroxylation sites is 2. The van der Waals surface area contributed by atoms with Crippen LogP contribution in [0.25, 0.3) is 10.9 Å². The Hall–Kier alpha value is -2.95. The summed E-state index contributed by atoms with van der Waals surface area (Å²) in [6.07, 6.45) is 2.62. The van der Waals surface area contributed by atoms with Crippen molar-refractivity contribution < 1.29 is 4.79 Å². The highest BCUT2D eigenvalue weighted by Gasteiger charge is 2.23. The van der Waals surface area contributed by atoms with E-state index in [-0.39, 0.29) is 11.5 Å². The fourth-order valence-electron chi connectivity index (χ4n) is 3.39. The van der Waals surface area contributed by atoms with E-state index in [1.165, 1.54) is 5.56 Å². The fourth-order valence-corrected chi connectivity index (χ4v) is 3.39. The zero-order valence-corrected chi connectivity index (χ0v) is 13.9. The van der Waals surface area contributed by atoms with Crippen molar-refractivity contribution in [1.82, 2.24) is 9.97 Å². The van der Waals surface area contributed by atoms with Crippen molar-refractivity contribution in [2.45, 2.75) is 25.7 Å². The number of aryl methyl sites for hydroxylation is 1. The van der Waals surface area contributed by atoms with Crippen molar-refractivity contribution in [2.24, 2.45) is 0 Å². The van der Waals surface area contributed by atoms with Gasteiger partial charge in [0.05, 0.1) is 10.9 Å². The molecule has 1 amide bonds. The van der Waals surface area contributed by atoms with Gasteiger partial charge in [0.15, 0.2) is 0 Å². The van der Waals surface area contributed by atoms with Gasteiger partial charge in [-0.1, -0.05) is 30.3 Å². The first kappa shape index (κ1) is 15.6. The molecule has 25 heavy (non-hydrogen) atoms. The predicted molar refractivity (Wildman–Crippen MR) is 97.8 cm³/mol. The molecule has 0 unspecified atom stereocenters. The Morgan fingerprint density at radius 1 is 1.12 bits per heavy atom. The van der Waals surface area contributed by atoms with Crippen LogP contribution in [0.1, 0.15) is 24.2 Å². The fraction of sp³-hybridized carbons (Fsp3) is 0.250. The molecule has 3 aromatic rings. The maximum atomic E-state index is 12.5. The SMILES string of the molecule is O=C(CCCc1nc2ccccc2c(=O)[nH]1)N1CCc2ccccc21. The largest absolute Gasteiger partial charge is 0.312 e. The summed E-state index contributed by atoms with van der Waals surface area (Å²) in [4.78, 5) is 33.8. The monoisotopic (exact) mass is 333 g/mol. The number of nitrogens with one attached hydrogen (secondary N) is 1. The zero-order valence-electron chi connectivity index (χ0n) is 13.9. The molecule has 0 aliphatic carbocycles. The second-order valence-electron chi connectivity index (χ2n) is 6.31. The minimum atomic E-state index is -0.125. The van der Waals surface area contributed by atoms with Crippen molar-refractivity contribution >= 4 is 22.5 Å². The Morgan fingerprint density at radius 3 is 2.84 bits per heavy atom. The molecular formula is C20H19N3O2. The van der Waals surface area contributed by atoms with Crippen molar-refractivity contribution in [3.05, 3.63) is 70.3 Å². The number of carbonyl (C=O) groups excluding carboxylic acids is 1. The summed E-state index contributed by atoms with van der Waals surface area (Å²) in [6, 6.07) is 15.3. The highest BCUT2D eigenvalue weighted by Crippen LogP contribution is 2.28. The average molecular weight is 333 g/mol. The molecule has 5 nitrogen and oxygen atoms in total. The lowest BCUT2D eigenvalue weighted by Crippen LogP contribution is -2.28. The molecule has 0 spiro atoms. The number of aromatic amines is 1. The van der Waals surface area contributed by atoms with Gasteiger partial charge in [0.25, 0.3) is 5.56 Å². The highest BCUT2D eigenvalue weighted by molar-refractivity contribution is 5.95. The summed E-state index contributed by atoms with van der Waals surface area (Å²) in [5.74, 6) is 0.770. The van der Waals surface area contributed by atoms with E-state index in [1.807, 2.05) is 41.3 Å². The number of hydrogen-bond donors (Lipinski definition) is 1. The molecule has 1 aliphatic heterocycles. The van der Waals surface area contributed by atoms with Gasteiger partial charge in [0.1, 0.15) is 5.82 Å². The summed E-state index contributed by atoms with van der Waals surface area (Å²) < 4.78 is 0. The molecule has 1 N–H and O–H groups in total. The Balaban J connectivity index is 1.41. The predicted octanol–water partition coefficient (Wildman–Crippen LogP) is 2.84. The van der Waals surface area contributed by atoms with E-state index in [2.05, 4.69) is 16.0 Å². The lowest BCUT2D eigenvalue weighted by Gasteiger charge is -2.17. The molecule has 0 atom stereocenters. The number of amides is 1. The number of benzene rings is 2. The van der Waals surface area contributed by atoms with Crippen LogP contribution in [0.4, 0.5) is 5.69 Å². The normalized spacial score (nSPS) is 13.2. The van der Waals surface area contributed by atoms with E-state index in [1.54, 1.807) is 6.07 Å². The van der Waals surface area contributed by atoms with Gasteiger partial charge >= 0.3 is 0 Å². The van der Waals surface area contributed by atoms with Crippen LogP contribution in [0.5, 0.6) is 0 Å². The van der Waals surface area contributed by atoms with Crippen LogP contribution < -0.4 is 10.5 Å². The van der Waals surface area contributed by atoms with E-state index >= 15 is 0 Å². The van der Waals surface area contributed by atoms with Crippen LogP contribution in [0, 0.1) is 0 Å². The van der Waals surface area contributed by atoms with Crippen molar-refractivity contribution in [1.29, 1.82) is 0 Å². The van der Waals surface area contributed by atoms with E-state index in [9.17, 15) is 9.59 Å². The Kier molecular flexibility index (Phi) is 4.06. The Bertz CT molecular complexity index is 993. The standard InChI is InChI=1S/C20H19N3O2/c24-19(23-13-12-14-6-1-4-9-17(14)23)11-5-10-18-21-16-8-3-2-7-15(16)20(25)22-18/h1-4,6-9H,5,10-13H2,(H,21,22,25). The molecule has 2 heterocycles. The van der Waals surface area contributed by atoms with Gasteiger partial charge in [-0.3, -0.25) is 9.59 Å². The number of fused-ring (bicyclic) bond motifs is 2. The summed E-state index contributed by atoms with van der Waals surface area (Å²) in [6.45, 7) is 0.753. The third kappa shape index (κ3) is 3.05. The smallest absolute Gasteiger partial charge is 0.258 e. The third-order valence-electron chi connectivity index (χ3n) is 4.65. The van der Waals surface area contributed by atoms with Gasteiger partial charge in [-0.2, -0.15) is 0 Å².